The summed E-state index contributed by atoms with van der Waals surface area (Å²) >= 11 is 0. The highest BCUT2D eigenvalue weighted by Gasteiger charge is 2.12. The smallest absolute Gasteiger partial charge is 0.140 e. The third kappa shape index (κ3) is 2.89. The molecule has 1 aromatic heterocycles. The predicted molar refractivity (Wildman–Crippen MR) is 88.0 cm³/mol. The fourth-order valence-electron chi connectivity index (χ4n) is 2.58. The van der Waals surface area contributed by atoms with Crippen molar-refractivity contribution in [3.8, 4) is 22.6 Å². The van der Waals surface area contributed by atoms with E-state index in [9.17, 15) is 0 Å². The summed E-state index contributed by atoms with van der Waals surface area (Å²) in [5.74, 6) is 1.06. The summed E-state index contributed by atoms with van der Waals surface area (Å²) in [6.45, 7) is 3.23. The number of nitrogens with zero attached hydrogens (tertiary/aromatic N) is 2. The van der Waals surface area contributed by atoms with Crippen LogP contribution in [0.4, 0.5) is 0 Å². The zero-order valence-electron chi connectivity index (χ0n) is 12.4. The lowest BCUT2D eigenvalue weighted by molar-refractivity contribution is 0.641. The van der Waals surface area contributed by atoms with E-state index in [4.69, 9.17) is 0 Å². The number of imidazole rings is 1. The van der Waals surface area contributed by atoms with Crippen molar-refractivity contribution in [3.05, 3.63) is 66.9 Å². The van der Waals surface area contributed by atoms with E-state index >= 15 is 0 Å². The van der Waals surface area contributed by atoms with Crippen LogP contribution in [0.25, 0.3) is 22.6 Å². The Labute approximate surface area is 126 Å². The quantitative estimate of drug-likeness (QED) is 0.640. The fourth-order valence-corrected chi connectivity index (χ4v) is 2.58. The summed E-state index contributed by atoms with van der Waals surface area (Å²) in [5.41, 5.74) is 3.60. The van der Waals surface area contributed by atoms with Gasteiger partial charge in [-0.1, -0.05) is 74.0 Å². The van der Waals surface area contributed by atoms with E-state index in [0.29, 0.717) is 0 Å². The first-order chi connectivity index (χ1) is 10.4. The molecule has 0 bridgehead atoms. The van der Waals surface area contributed by atoms with Gasteiger partial charge in [0.1, 0.15) is 5.82 Å². The van der Waals surface area contributed by atoms with Gasteiger partial charge in [-0.15, -0.1) is 0 Å². The van der Waals surface area contributed by atoms with Crippen molar-refractivity contribution in [2.24, 2.45) is 0 Å². The Balaban J connectivity index is 2.07. The molecule has 3 aromatic rings. The summed E-state index contributed by atoms with van der Waals surface area (Å²) in [6, 6.07) is 20.9. The van der Waals surface area contributed by atoms with Crippen LogP contribution in [0.15, 0.2) is 66.9 Å². The zero-order chi connectivity index (χ0) is 14.5. The van der Waals surface area contributed by atoms with Gasteiger partial charge in [0.25, 0.3) is 0 Å². The summed E-state index contributed by atoms with van der Waals surface area (Å²) in [7, 11) is 0. The molecular formula is C19H20N2. The van der Waals surface area contributed by atoms with Crippen LogP contribution >= 0.6 is 0 Å². The van der Waals surface area contributed by atoms with E-state index in [0.717, 1.165) is 18.8 Å². The van der Waals surface area contributed by atoms with Gasteiger partial charge in [-0.05, 0) is 12.0 Å². The molecule has 0 fully saturated rings. The lowest BCUT2D eigenvalue weighted by Crippen LogP contribution is -2.02. The Bertz CT molecular complexity index is 627. The van der Waals surface area contributed by atoms with Crippen LogP contribution in [0, 0.1) is 0 Å². The molecule has 0 aliphatic rings. The van der Waals surface area contributed by atoms with E-state index in [1.165, 1.54) is 23.2 Å². The summed E-state index contributed by atoms with van der Waals surface area (Å²) in [5, 5.41) is 0. The van der Waals surface area contributed by atoms with E-state index in [1.807, 2.05) is 18.3 Å². The maximum Gasteiger partial charge on any atom is 0.140 e. The maximum atomic E-state index is 4.68. The van der Waals surface area contributed by atoms with Crippen LogP contribution < -0.4 is 0 Å². The molecule has 2 heteroatoms. The summed E-state index contributed by atoms with van der Waals surface area (Å²) in [4.78, 5) is 4.68. The number of hydrogen-bond acceptors (Lipinski definition) is 1. The Kier molecular flexibility index (Phi) is 4.15. The summed E-state index contributed by atoms with van der Waals surface area (Å²) in [6.07, 6.45) is 4.34. The standard InChI is InChI=1S/C19H20N2/c1-2-3-14-21-18(16-10-6-4-7-11-16)15-20-19(21)17-12-8-5-9-13-17/h4-13,15H,2-3,14H2,1H3. The van der Waals surface area contributed by atoms with Crippen LogP contribution in [0.1, 0.15) is 19.8 Å². The predicted octanol–water partition coefficient (Wildman–Crippen LogP) is 5.02. The molecule has 0 aliphatic carbocycles. The highest BCUT2D eigenvalue weighted by molar-refractivity contribution is 5.65. The summed E-state index contributed by atoms with van der Waals surface area (Å²) < 4.78 is 2.34. The Morgan fingerprint density at radius 3 is 2.10 bits per heavy atom. The Hall–Kier alpha value is -2.35. The topological polar surface area (TPSA) is 17.8 Å². The van der Waals surface area contributed by atoms with Crippen molar-refractivity contribution in [1.29, 1.82) is 0 Å². The first-order valence-electron chi connectivity index (χ1n) is 7.56. The third-order valence-corrected chi connectivity index (χ3v) is 3.69. The largest absolute Gasteiger partial charge is 0.324 e. The third-order valence-electron chi connectivity index (χ3n) is 3.69. The van der Waals surface area contributed by atoms with E-state index in [1.54, 1.807) is 0 Å². The Morgan fingerprint density at radius 1 is 0.857 bits per heavy atom. The minimum absolute atomic E-state index is 1.00. The van der Waals surface area contributed by atoms with Gasteiger partial charge in [-0.3, -0.25) is 0 Å². The second-order valence-corrected chi connectivity index (χ2v) is 5.20. The second kappa shape index (κ2) is 6.40. The van der Waals surface area contributed by atoms with Crippen LogP contribution in [-0.4, -0.2) is 9.55 Å². The highest BCUT2D eigenvalue weighted by atomic mass is 15.1. The average Bonchev–Trinajstić information content (AvgIpc) is 2.98. The molecular weight excluding hydrogens is 256 g/mol. The molecule has 2 aromatic carbocycles. The van der Waals surface area contributed by atoms with Crippen molar-refractivity contribution in [2.45, 2.75) is 26.3 Å². The normalized spacial score (nSPS) is 10.7. The minimum atomic E-state index is 1.00. The average molecular weight is 276 g/mol. The minimum Gasteiger partial charge on any atom is -0.324 e. The van der Waals surface area contributed by atoms with Gasteiger partial charge in [-0.2, -0.15) is 0 Å². The molecule has 2 nitrogen and oxygen atoms in total. The maximum absolute atomic E-state index is 4.68. The van der Waals surface area contributed by atoms with E-state index < -0.39 is 0 Å². The van der Waals surface area contributed by atoms with Crippen LogP contribution in [0.3, 0.4) is 0 Å². The van der Waals surface area contributed by atoms with E-state index in [-0.39, 0.29) is 0 Å². The molecule has 0 N–H and O–H groups in total. The van der Waals surface area contributed by atoms with Crippen molar-refractivity contribution in [2.75, 3.05) is 0 Å². The number of unbranched alkanes of at least 4 members (excludes halogenated alkanes) is 1. The fraction of sp³-hybridized carbons (Fsp3) is 0.211. The molecule has 106 valence electrons. The van der Waals surface area contributed by atoms with Gasteiger partial charge in [0.2, 0.25) is 0 Å². The lowest BCUT2D eigenvalue weighted by atomic mass is 10.1. The molecule has 0 aliphatic heterocycles. The first kappa shape index (κ1) is 13.6. The van der Waals surface area contributed by atoms with Gasteiger partial charge >= 0.3 is 0 Å². The van der Waals surface area contributed by atoms with Crippen molar-refractivity contribution >= 4 is 0 Å². The Morgan fingerprint density at radius 2 is 1.48 bits per heavy atom. The van der Waals surface area contributed by atoms with Gasteiger partial charge < -0.3 is 4.57 Å². The molecule has 0 unspecified atom stereocenters. The lowest BCUT2D eigenvalue weighted by Gasteiger charge is -2.12. The van der Waals surface area contributed by atoms with Crippen LogP contribution in [-0.2, 0) is 6.54 Å². The van der Waals surface area contributed by atoms with Crippen molar-refractivity contribution < 1.29 is 0 Å². The molecule has 1 heterocycles. The first-order valence-corrected chi connectivity index (χ1v) is 7.56. The molecule has 0 radical (unpaired) electrons. The molecule has 0 atom stereocenters. The number of aromatic nitrogens is 2. The molecule has 0 saturated heterocycles. The molecule has 3 rings (SSSR count). The molecule has 21 heavy (non-hydrogen) atoms. The monoisotopic (exact) mass is 276 g/mol. The SMILES string of the molecule is CCCCn1c(-c2ccccc2)cnc1-c1ccccc1. The van der Waals surface area contributed by atoms with Gasteiger partial charge in [0.05, 0.1) is 11.9 Å². The van der Waals surface area contributed by atoms with Gasteiger partial charge in [0, 0.05) is 12.1 Å². The number of benzene rings is 2. The zero-order valence-corrected chi connectivity index (χ0v) is 12.4. The number of hydrogen-bond donors (Lipinski definition) is 0. The number of rotatable bonds is 5. The molecule has 0 amide bonds. The van der Waals surface area contributed by atoms with Crippen molar-refractivity contribution in [1.82, 2.24) is 9.55 Å². The van der Waals surface area contributed by atoms with Gasteiger partial charge in [-0.25, -0.2) is 4.98 Å². The van der Waals surface area contributed by atoms with Gasteiger partial charge in [0.15, 0.2) is 0 Å². The van der Waals surface area contributed by atoms with Crippen LogP contribution in [0.5, 0.6) is 0 Å². The van der Waals surface area contributed by atoms with Crippen LogP contribution in [0.2, 0.25) is 0 Å². The molecule has 0 spiro atoms. The van der Waals surface area contributed by atoms with E-state index in [2.05, 4.69) is 65.0 Å². The highest BCUT2D eigenvalue weighted by Crippen LogP contribution is 2.26. The van der Waals surface area contributed by atoms with Crippen molar-refractivity contribution in [3.63, 3.8) is 0 Å². The second-order valence-electron chi connectivity index (χ2n) is 5.20. The molecule has 0 saturated carbocycles.